The van der Waals surface area contributed by atoms with Crippen LogP contribution in [0.4, 0.5) is 0 Å². The maximum absolute atomic E-state index is 11.3. The molecular formula is C19H24INO. The molecule has 2 aromatic carbocycles. The molecule has 2 rings (SSSR count). The zero-order valence-electron chi connectivity index (χ0n) is 13.4. The SMILES string of the molecule is C[N+](C)(C)CC=CC(O)(c1ccccc1)c1ccccc1.[I-]. The molecule has 0 aliphatic rings. The van der Waals surface area contributed by atoms with Gasteiger partial charge in [-0.2, -0.15) is 0 Å². The first-order valence-corrected chi connectivity index (χ1v) is 7.23. The smallest absolute Gasteiger partial charge is 0.133 e. The fourth-order valence-corrected chi connectivity index (χ4v) is 2.28. The molecule has 0 heterocycles. The van der Waals surface area contributed by atoms with Gasteiger partial charge >= 0.3 is 0 Å². The van der Waals surface area contributed by atoms with Crippen LogP contribution in [0.25, 0.3) is 0 Å². The predicted octanol–water partition coefficient (Wildman–Crippen LogP) is 0.189. The Kier molecular flexibility index (Phi) is 6.78. The van der Waals surface area contributed by atoms with Gasteiger partial charge in [-0.05, 0) is 23.3 Å². The first-order valence-electron chi connectivity index (χ1n) is 7.23. The van der Waals surface area contributed by atoms with Gasteiger partial charge in [-0.3, -0.25) is 0 Å². The van der Waals surface area contributed by atoms with Crippen LogP contribution in [0, 0.1) is 0 Å². The second kappa shape index (κ2) is 7.90. The molecule has 118 valence electrons. The lowest BCUT2D eigenvalue weighted by atomic mass is 9.86. The summed E-state index contributed by atoms with van der Waals surface area (Å²) < 4.78 is 0.830. The molecule has 0 unspecified atom stereocenters. The van der Waals surface area contributed by atoms with Crippen molar-refractivity contribution in [2.75, 3.05) is 27.7 Å². The van der Waals surface area contributed by atoms with Crippen molar-refractivity contribution in [1.29, 1.82) is 0 Å². The van der Waals surface area contributed by atoms with Crippen molar-refractivity contribution in [2.24, 2.45) is 0 Å². The minimum Gasteiger partial charge on any atom is -1.00 e. The van der Waals surface area contributed by atoms with E-state index in [1.54, 1.807) is 0 Å². The maximum atomic E-state index is 11.3. The molecule has 1 N–H and O–H groups in total. The summed E-state index contributed by atoms with van der Waals surface area (Å²) >= 11 is 0. The number of benzene rings is 2. The number of hydrogen-bond donors (Lipinski definition) is 1. The highest BCUT2D eigenvalue weighted by Gasteiger charge is 2.28. The van der Waals surface area contributed by atoms with Crippen molar-refractivity contribution in [3.05, 3.63) is 83.9 Å². The van der Waals surface area contributed by atoms with E-state index in [1.807, 2.05) is 66.7 Å². The first kappa shape index (κ1) is 18.9. The van der Waals surface area contributed by atoms with Crippen LogP contribution in [0.1, 0.15) is 11.1 Å². The highest BCUT2D eigenvalue weighted by Crippen LogP contribution is 2.30. The molecule has 2 nitrogen and oxygen atoms in total. The summed E-state index contributed by atoms with van der Waals surface area (Å²) in [4.78, 5) is 0. The summed E-state index contributed by atoms with van der Waals surface area (Å²) in [6, 6.07) is 19.6. The van der Waals surface area contributed by atoms with Crippen molar-refractivity contribution in [1.82, 2.24) is 0 Å². The lowest BCUT2D eigenvalue weighted by molar-refractivity contribution is -0.864. The van der Waals surface area contributed by atoms with Crippen molar-refractivity contribution in [3.8, 4) is 0 Å². The molecule has 2 aromatic rings. The van der Waals surface area contributed by atoms with E-state index in [2.05, 4.69) is 27.2 Å². The molecule has 0 aromatic heterocycles. The first-order chi connectivity index (χ1) is 9.92. The molecule has 22 heavy (non-hydrogen) atoms. The summed E-state index contributed by atoms with van der Waals surface area (Å²) in [5.74, 6) is 0. The molecular weight excluding hydrogens is 385 g/mol. The number of hydrogen-bond acceptors (Lipinski definition) is 1. The Morgan fingerprint density at radius 1 is 0.864 bits per heavy atom. The summed E-state index contributed by atoms with van der Waals surface area (Å²) in [5, 5.41) is 11.3. The third-order valence-electron chi connectivity index (χ3n) is 3.44. The molecule has 0 amide bonds. The van der Waals surface area contributed by atoms with Crippen LogP contribution in [0.5, 0.6) is 0 Å². The van der Waals surface area contributed by atoms with Gasteiger partial charge in [0.15, 0.2) is 0 Å². The molecule has 0 aliphatic carbocycles. The van der Waals surface area contributed by atoms with E-state index in [0.717, 1.165) is 22.2 Å². The molecule has 0 saturated carbocycles. The maximum Gasteiger partial charge on any atom is 0.133 e. The molecule has 0 spiro atoms. The number of aliphatic hydroxyl groups is 1. The van der Waals surface area contributed by atoms with Gasteiger partial charge in [0.25, 0.3) is 0 Å². The second-order valence-electron chi connectivity index (χ2n) is 6.37. The Morgan fingerprint density at radius 2 is 1.27 bits per heavy atom. The molecule has 0 fully saturated rings. The molecule has 0 bridgehead atoms. The highest BCUT2D eigenvalue weighted by molar-refractivity contribution is 5.40. The lowest BCUT2D eigenvalue weighted by Gasteiger charge is -2.27. The average Bonchev–Trinajstić information content (AvgIpc) is 2.47. The van der Waals surface area contributed by atoms with E-state index in [-0.39, 0.29) is 24.0 Å². The van der Waals surface area contributed by atoms with E-state index in [1.165, 1.54) is 0 Å². The Hall–Kier alpha value is -1.17. The number of likely N-dealkylation sites (N-methyl/N-ethyl adjacent to an activating group) is 1. The van der Waals surface area contributed by atoms with E-state index < -0.39 is 5.60 Å². The number of quaternary nitrogens is 1. The van der Waals surface area contributed by atoms with Gasteiger partial charge in [-0.1, -0.05) is 60.7 Å². The number of rotatable bonds is 5. The molecule has 0 atom stereocenters. The number of halogens is 1. The minimum absolute atomic E-state index is 0. The zero-order chi connectivity index (χ0) is 15.3. The Labute approximate surface area is 150 Å². The highest BCUT2D eigenvalue weighted by atomic mass is 127. The van der Waals surface area contributed by atoms with Crippen LogP contribution in [0.3, 0.4) is 0 Å². The topological polar surface area (TPSA) is 20.2 Å². The summed E-state index contributed by atoms with van der Waals surface area (Å²) in [6.45, 7) is 0.863. The number of nitrogens with zero attached hydrogens (tertiary/aromatic N) is 1. The Bertz CT molecular complexity index is 548. The van der Waals surface area contributed by atoms with Crippen LogP contribution in [-0.4, -0.2) is 37.3 Å². The van der Waals surface area contributed by atoms with Crippen LogP contribution >= 0.6 is 0 Å². The van der Waals surface area contributed by atoms with Crippen molar-refractivity contribution in [3.63, 3.8) is 0 Å². The van der Waals surface area contributed by atoms with Gasteiger partial charge in [0.2, 0.25) is 0 Å². The summed E-state index contributed by atoms with van der Waals surface area (Å²) in [5.41, 5.74) is 0.681. The normalized spacial score (nSPS) is 12.2. The average molecular weight is 409 g/mol. The molecule has 0 saturated heterocycles. The van der Waals surface area contributed by atoms with Gasteiger partial charge in [0.1, 0.15) is 5.60 Å². The molecule has 3 heteroatoms. The van der Waals surface area contributed by atoms with E-state index >= 15 is 0 Å². The Morgan fingerprint density at radius 3 is 1.64 bits per heavy atom. The quantitative estimate of drug-likeness (QED) is 0.425. The Balaban J connectivity index is 0.00000242. The van der Waals surface area contributed by atoms with Crippen LogP contribution < -0.4 is 24.0 Å². The predicted molar refractivity (Wildman–Crippen MR) is 87.9 cm³/mol. The monoisotopic (exact) mass is 409 g/mol. The zero-order valence-corrected chi connectivity index (χ0v) is 15.6. The standard InChI is InChI=1S/C19H24NO.HI/c1-20(2,3)16-10-15-19(21,17-11-6-4-7-12-17)18-13-8-5-9-14-18;/h4-15,21H,16H2,1-3H3;1H/q+1;/p-1. The van der Waals surface area contributed by atoms with Gasteiger partial charge in [0, 0.05) is 0 Å². The largest absolute Gasteiger partial charge is 1.00 e. The van der Waals surface area contributed by atoms with Gasteiger partial charge in [0.05, 0.1) is 27.7 Å². The van der Waals surface area contributed by atoms with Gasteiger partial charge < -0.3 is 33.6 Å². The van der Waals surface area contributed by atoms with E-state index in [4.69, 9.17) is 0 Å². The molecule has 0 aliphatic heterocycles. The third-order valence-corrected chi connectivity index (χ3v) is 3.44. The third kappa shape index (κ3) is 4.93. The second-order valence-corrected chi connectivity index (χ2v) is 6.37. The summed E-state index contributed by atoms with van der Waals surface area (Å²) in [6.07, 6.45) is 3.96. The van der Waals surface area contributed by atoms with Gasteiger partial charge in [-0.15, -0.1) is 0 Å². The van der Waals surface area contributed by atoms with E-state index in [9.17, 15) is 5.11 Å². The van der Waals surface area contributed by atoms with Gasteiger partial charge in [-0.25, -0.2) is 0 Å². The van der Waals surface area contributed by atoms with Crippen molar-refractivity contribution >= 4 is 0 Å². The fourth-order valence-electron chi connectivity index (χ4n) is 2.28. The van der Waals surface area contributed by atoms with Crippen molar-refractivity contribution < 1.29 is 33.6 Å². The van der Waals surface area contributed by atoms with Crippen LogP contribution in [-0.2, 0) is 5.60 Å². The fraction of sp³-hybridized carbons (Fsp3) is 0.263. The summed E-state index contributed by atoms with van der Waals surface area (Å²) in [7, 11) is 6.40. The minimum atomic E-state index is -1.09. The lowest BCUT2D eigenvalue weighted by Crippen LogP contribution is -3.00. The van der Waals surface area contributed by atoms with E-state index in [0.29, 0.717) is 0 Å². The van der Waals surface area contributed by atoms with Crippen LogP contribution in [0.2, 0.25) is 0 Å². The van der Waals surface area contributed by atoms with Crippen LogP contribution in [0.15, 0.2) is 72.8 Å². The molecule has 0 radical (unpaired) electrons. The van der Waals surface area contributed by atoms with Crippen molar-refractivity contribution in [2.45, 2.75) is 5.60 Å².